The van der Waals surface area contributed by atoms with Gasteiger partial charge < -0.3 is 9.84 Å². The second-order valence-electron chi connectivity index (χ2n) is 4.52. The zero-order valence-corrected chi connectivity index (χ0v) is 12.6. The van der Waals surface area contributed by atoms with Crippen molar-refractivity contribution < 1.29 is 18.3 Å². The summed E-state index contributed by atoms with van der Waals surface area (Å²) in [5.74, 6) is 0.263. The van der Waals surface area contributed by atoms with Crippen molar-refractivity contribution in [1.29, 1.82) is 0 Å². The van der Waals surface area contributed by atoms with Gasteiger partial charge in [-0.3, -0.25) is 4.72 Å². The van der Waals surface area contributed by atoms with E-state index in [2.05, 4.69) is 4.72 Å². The van der Waals surface area contributed by atoms with Gasteiger partial charge in [0.05, 0.1) is 18.9 Å². The molecule has 2 rings (SSSR count). The number of hydrogen-bond donors (Lipinski definition) is 2. The van der Waals surface area contributed by atoms with E-state index in [-0.39, 0.29) is 10.6 Å². The van der Waals surface area contributed by atoms with Gasteiger partial charge in [0.2, 0.25) is 0 Å². The minimum Gasteiger partial charge on any atom is -0.495 e. The molecule has 2 aromatic carbocycles. The zero-order chi connectivity index (χ0) is 15.5. The molecule has 2 aromatic rings. The van der Waals surface area contributed by atoms with Gasteiger partial charge in [0, 0.05) is 5.56 Å². The quantitative estimate of drug-likeness (QED) is 0.890. The SMILES string of the molecule is COc1ccccc1S(=O)(=O)Nc1ccccc1C(C)O. The zero-order valence-electron chi connectivity index (χ0n) is 11.8. The topological polar surface area (TPSA) is 75.6 Å². The lowest BCUT2D eigenvalue weighted by Gasteiger charge is -2.15. The average Bonchev–Trinajstić information content (AvgIpc) is 2.47. The molecule has 0 aromatic heterocycles. The molecule has 5 nitrogen and oxygen atoms in total. The van der Waals surface area contributed by atoms with Crippen LogP contribution in [0.5, 0.6) is 5.75 Å². The summed E-state index contributed by atoms with van der Waals surface area (Å²) in [4.78, 5) is 0.0490. The highest BCUT2D eigenvalue weighted by molar-refractivity contribution is 7.92. The van der Waals surface area contributed by atoms with E-state index < -0.39 is 16.1 Å². The molecule has 0 radical (unpaired) electrons. The Morgan fingerprint density at radius 2 is 1.71 bits per heavy atom. The number of aliphatic hydroxyl groups excluding tert-OH is 1. The first-order valence-electron chi connectivity index (χ1n) is 6.38. The van der Waals surface area contributed by atoms with E-state index in [1.807, 2.05) is 0 Å². The molecule has 6 heteroatoms. The molecule has 0 heterocycles. The van der Waals surface area contributed by atoms with E-state index in [0.29, 0.717) is 11.3 Å². The molecule has 1 atom stereocenters. The summed E-state index contributed by atoms with van der Waals surface area (Å²) in [5.41, 5.74) is 0.856. The van der Waals surface area contributed by atoms with E-state index in [4.69, 9.17) is 4.74 Å². The van der Waals surface area contributed by atoms with Gasteiger partial charge in [0.15, 0.2) is 0 Å². The third-order valence-electron chi connectivity index (χ3n) is 3.01. The van der Waals surface area contributed by atoms with Crippen molar-refractivity contribution in [1.82, 2.24) is 0 Å². The van der Waals surface area contributed by atoms with Crippen molar-refractivity contribution in [2.24, 2.45) is 0 Å². The molecule has 0 aliphatic carbocycles. The van der Waals surface area contributed by atoms with Crippen LogP contribution in [-0.2, 0) is 10.0 Å². The fraction of sp³-hybridized carbons (Fsp3) is 0.200. The van der Waals surface area contributed by atoms with Crippen molar-refractivity contribution in [2.75, 3.05) is 11.8 Å². The maximum absolute atomic E-state index is 12.5. The van der Waals surface area contributed by atoms with Crippen LogP contribution in [-0.4, -0.2) is 20.6 Å². The van der Waals surface area contributed by atoms with Crippen molar-refractivity contribution in [3.63, 3.8) is 0 Å². The Morgan fingerprint density at radius 3 is 2.38 bits per heavy atom. The predicted molar refractivity (Wildman–Crippen MR) is 80.9 cm³/mol. The van der Waals surface area contributed by atoms with Crippen LogP contribution in [0.1, 0.15) is 18.6 Å². The monoisotopic (exact) mass is 307 g/mol. The lowest BCUT2D eigenvalue weighted by atomic mass is 10.1. The Bertz CT molecular complexity index is 726. The van der Waals surface area contributed by atoms with Crippen molar-refractivity contribution in [3.05, 3.63) is 54.1 Å². The highest BCUT2D eigenvalue weighted by atomic mass is 32.2. The minimum atomic E-state index is -3.80. The smallest absolute Gasteiger partial charge is 0.265 e. The predicted octanol–water partition coefficient (Wildman–Crippen LogP) is 2.55. The first-order valence-corrected chi connectivity index (χ1v) is 7.87. The number of nitrogens with one attached hydrogen (secondary N) is 1. The number of anilines is 1. The largest absolute Gasteiger partial charge is 0.495 e. The van der Waals surface area contributed by atoms with Crippen LogP contribution in [0.15, 0.2) is 53.4 Å². The van der Waals surface area contributed by atoms with Gasteiger partial charge in [-0.25, -0.2) is 8.42 Å². The summed E-state index contributed by atoms with van der Waals surface area (Å²) in [6.45, 7) is 1.58. The lowest BCUT2D eigenvalue weighted by molar-refractivity contribution is 0.200. The molecule has 0 amide bonds. The summed E-state index contributed by atoms with van der Waals surface area (Å²) < 4.78 is 32.5. The molecule has 0 spiro atoms. The van der Waals surface area contributed by atoms with Crippen LogP contribution in [0.3, 0.4) is 0 Å². The second kappa shape index (κ2) is 6.15. The standard InChI is InChI=1S/C15H17NO4S/c1-11(17)12-7-3-4-8-13(12)16-21(18,19)15-10-6-5-9-14(15)20-2/h3-11,16-17H,1-2H3. The van der Waals surface area contributed by atoms with Crippen LogP contribution in [0.4, 0.5) is 5.69 Å². The Balaban J connectivity index is 2.43. The maximum Gasteiger partial charge on any atom is 0.265 e. The normalized spacial score (nSPS) is 12.7. The van der Waals surface area contributed by atoms with Gasteiger partial charge in [-0.2, -0.15) is 0 Å². The molecule has 0 bridgehead atoms. The molecule has 21 heavy (non-hydrogen) atoms. The van der Waals surface area contributed by atoms with Gasteiger partial charge in [0.1, 0.15) is 10.6 Å². The highest BCUT2D eigenvalue weighted by Gasteiger charge is 2.20. The van der Waals surface area contributed by atoms with Gasteiger partial charge in [-0.1, -0.05) is 30.3 Å². The van der Waals surface area contributed by atoms with Crippen LogP contribution in [0.2, 0.25) is 0 Å². The van der Waals surface area contributed by atoms with Gasteiger partial charge >= 0.3 is 0 Å². The summed E-state index contributed by atoms with van der Waals surface area (Å²) in [6, 6.07) is 13.1. The molecule has 0 aliphatic rings. The fourth-order valence-corrected chi connectivity index (χ4v) is 3.25. The van der Waals surface area contributed by atoms with Gasteiger partial charge in [-0.15, -0.1) is 0 Å². The first kappa shape index (κ1) is 15.3. The lowest BCUT2D eigenvalue weighted by Crippen LogP contribution is -2.15. The van der Waals surface area contributed by atoms with E-state index >= 15 is 0 Å². The third-order valence-corrected chi connectivity index (χ3v) is 4.42. The molecule has 0 fully saturated rings. The van der Waals surface area contributed by atoms with E-state index in [1.54, 1.807) is 49.4 Å². The maximum atomic E-state index is 12.5. The summed E-state index contributed by atoms with van der Waals surface area (Å²) in [5, 5.41) is 9.71. The number of benzene rings is 2. The van der Waals surface area contributed by atoms with Crippen LogP contribution >= 0.6 is 0 Å². The number of ether oxygens (including phenoxy) is 1. The third kappa shape index (κ3) is 3.34. The van der Waals surface area contributed by atoms with Gasteiger partial charge in [-0.05, 0) is 25.1 Å². The van der Waals surface area contributed by atoms with E-state index in [1.165, 1.54) is 13.2 Å². The summed E-state index contributed by atoms with van der Waals surface area (Å²) in [7, 11) is -2.38. The van der Waals surface area contributed by atoms with Crippen LogP contribution < -0.4 is 9.46 Å². The Labute approximate surface area is 124 Å². The number of rotatable bonds is 5. The molecule has 0 saturated carbocycles. The molecule has 0 aliphatic heterocycles. The number of aliphatic hydroxyl groups is 1. The van der Waals surface area contributed by atoms with Crippen LogP contribution in [0, 0.1) is 0 Å². The van der Waals surface area contributed by atoms with Gasteiger partial charge in [0.25, 0.3) is 10.0 Å². The molecule has 0 saturated heterocycles. The average molecular weight is 307 g/mol. The number of para-hydroxylation sites is 2. The molecular formula is C15H17NO4S. The Hall–Kier alpha value is -2.05. The molecule has 2 N–H and O–H groups in total. The molecule has 112 valence electrons. The van der Waals surface area contributed by atoms with E-state index in [9.17, 15) is 13.5 Å². The van der Waals surface area contributed by atoms with E-state index in [0.717, 1.165) is 0 Å². The molecular weight excluding hydrogens is 290 g/mol. The van der Waals surface area contributed by atoms with Crippen LogP contribution in [0.25, 0.3) is 0 Å². The first-order chi connectivity index (χ1) is 9.95. The van der Waals surface area contributed by atoms with Crippen molar-refractivity contribution >= 4 is 15.7 Å². The molecule has 1 unspecified atom stereocenters. The number of methoxy groups -OCH3 is 1. The fourth-order valence-electron chi connectivity index (χ4n) is 1.99. The second-order valence-corrected chi connectivity index (χ2v) is 6.17. The number of hydrogen-bond acceptors (Lipinski definition) is 4. The number of sulfonamides is 1. The van der Waals surface area contributed by atoms with Crippen molar-refractivity contribution in [3.8, 4) is 5.75 Å². The summed E-state index contributed by atoms with van der Waals surface area (Å²) >= 11 is 0. The highest BCUT2D eigenvalue weighted by Crippen LogP contribution is 2.28. The summed E-state index contributed by atoms with van der Waals surface area (Å²) in [6.07, 6.45) is -0.776. The van der Waals surface area contributed by atoms with Crippen molar-refractivity contribution in [2.45, 2.75) is 17.9 Å². The minimum absolute atomic E-state index is 0.0490. The Kier molecular flexibility index (Phi) is 4.50. The Morgan fingerprint density at radius 1 is 1.10 bits per heavy atom.